The Balaban J connectivity index is 1.46. The van der Waals surface area contributed by atoms with Crippen molar-refractivity contribution in [2.45, 2.75) is 91.6 Å². The van der Waals surface area contributed by atoms with Crippen LogP contribution < -0.4 is 26.2 Å². The van der Waals surface area contributed by atoms with Crippen LogP contribution in [0.5, 0.6) is 5.75 Å². The van der Waals surface area contributed by atoms with Gasteiger partial charge in [0.25, 0.3) is 0 Å². The summed E-state index contributed by atoms with van der Waals surface area (Å²) in [5, 5.41) is 8.73. The van der Waals surface area contributed by atoms with E-state index >= 15 is 0 Å². The molecule has 51 heavy (non-hydrogen) atoms. The Hall–Kier alpha value is -4.90. The van der Waals surface area contributed by atoms with E-state index in [1.165, 1.54) is 0 Å². The Morgan fingerprint density at radius 3 is 2.14 bits per heavy atom. The molecule has 0 saturated carbocycles. The number of carbonyl (C=O) groups excluding carboxylic acids is 4. The summed E-state index contributed by atoms with van der Waals surface area (Å²) in [7, 11) is 0. The van der Waals surface area contributed by atoms with Crippen LogP contribution in [0.25, 0.3) is 0 Å². The Labute approximate surface area is 301 Å². The third kappa shape index (κ3) is 13.4. The Bertz CT molecular complexity index is 1570. The fourth-order valence-electron chi connectivity index (χ4n) is 5.83. The molecule has 3 atom stereocenters. The molecule has 2 heterocycles. The molecule has 2 aliphatic rings. The summed E-state index contributed by atoms with van der Waals surface area (Å²) in [6.45, 7) is 10.5. The van der Waals surface area contributed by atoms with Crippen molar-refractivity contribution in [3.05, 3.63) is 101 Å². The lowest BCUT2D eigenvalue weighted by Crippen LogP contribution is -2.51. The molecule has 5 rings (SSSR count). The summed E-state index contributed by atoms with van der Waals surface area (Å²) in [5.74, 6) is -1.69. The molecule has 3 aromatic rings. The van der Waals surface area contributed by atoms with Crippen molar-refractivity contribution >= 4 is 23.8 Å². The number of hydrogen-bond donors (Lipinski definition) is 4. The topological polar surface area (TPSA) is 144 Å². The van der Waals surface area contributed by atoms with E-state index in [0.717, 1.165) is 22.3 Å². The summed E-state index contributed by atoms with van der Waals surface area (Å²) < 4.78 is 11.3. The number of fused-ring (bicyclic) bond motifs is 11. The molecule has 0 aliphatic carbocycles. The van der Waals surface area contributed by atoms with Crippen LogP contribution in [0, 0.1) is 17.8 Å². The zero-order valence-electron chi connectivity index (χ0n) is 30.3. The first kappa shape index (κ1) is 38.9. The number of alkyl carbamates (subject to hydrolysis) is 1. The van der Waals surface area contributed by atoms with Gasteiger partial charge in [-0.05, 0) is 80.3 Å². The summed E-state index contributed by atoms with van der Waals surface area (Å²) >= 11 is 0. The van der Waals surface area contributed by atoms with E-state index in [1.807, 2.05) is 92.7 Å². The van der Waals surface area contributed by atoms with Gasteiger partial charge in [-0.2, -0.15) is 0 Å². The van der Waals surface area contributed by atoms with Gasteiger partial charge in [-0.3, -0.25) is 19.2 Å². The lowest BCUT2D eigenvalue weighted by molar-refractivity contribution is -0.145. The molecule has 0 radical (unpaired) electrons. The minimum absolute atomic E-state index is 0.109. The van der Waals surface area contributed by atoms with Crippen molar-refractivity contribution < 1.29 is 33.5 Å². The summed E-state index contributed by atoms with van der Waals surface area (Å²) in [5.41, 5.74) is 5.48. The van der Waals surface area contributed by atoms with E-state index in [2.05, 4.69) is 21.4 Å². The molecule has 4 amide bonds. The molecule has 0 fully saturated rings. The van der Waals surface area contributed by atoms with Crippen molar-refractivity contribution in [1.29, 1.82) is 0 Å². The van der Waals surface area contributed by atoms with Gasteiger partial charge in [-0.15, -0.1) is 0 Å². The Morgan fingerprint density at radius 1 is 0.863 bits per heavy atom. The molecule has 0 unspecified atom stereocenters. The predicted octanol–water partition coefficient (Wildman–Crippen LogP) is 5.75. The lowest BCUT2D eigenvalue weighted by Gasteiger charge is -2.29. The average molecular weight is 701 g/mol. The monoisotopic (exact) mass is 700 g/mol. The average Bonchev–Trinajstić information content (AvgIpc) is 3.09. The first-order valence-electron chi connectivity index (χ1n) is 17.7. The van der Waals surface area contributed by atoms with Gasteiger partial charge in [-0.25, -0.2) is 10.3 Å². The number of hydrogen-bond acceptors (Lipinski definition) is 7. The molecule has 0 aromatic heterocycles. The van der Waals surface area contributed by atoms with E-state index in [4.69, 9.17) is 14.3 Å². The maximum Gasteiger partial charge on any atom is 0.407 e. The fourth-order valence-corrected chi connectivity index (χ4v) is 5.83. The first-order chi connectivity index (χ1) is 24.4. The van der Waals surface area contributed by atoms with E-state index in [9.17, 15) is 19.2 Å². The standard InChI is InChI=1S/C40H52N4O7/c1-27(2)22-34-33(37(46)44-50-26-31-10-7-6-8-11-31)12-9-21-49-32-19-17-28(18-20-32)23-35(43-36(34)45)38(47)41-24-29-13-15-30(16-14-29)25-42-39(48)51-40(3,4)5/h6-8,10-11,13-20,27,33-35H,9,12,21-26H2,1-5H3,(H,41,47)(H,42,48)(H,43,45)(H,44,46)/t33-,34+,35-/m0/s1. The normalized spacial score (nSPS) is 18.2. The van der Waals surface area contributed by atoms with Crippen LogP contribution in [0.3, 0.4) is 0 Å². The third-order valence-corrected chi connectivity index (χ3v) is 8.39. The molecule has 11 nitrogen and oxygen atoms in total. The second kappa shape index (κ2) is 18.9. The molecule has 4 N–H and O–H groups in total. The lowest BCUT2D eigenvalue weighted by atomic mass is 9.81. The van der Waals surface area contributed by atoms with E-state index in [-0.39, 0.29) is 43.2 Å². The third-order valence-electron chi connectivity index (χ3n) is 8.39. The zero-order chi connectivity index (χ0) is 36.8. The van der Waals surface area contributed by atoms with E-state index < -0.39 is 29.6 Å². The summed E-state index contributed by atoms with van der Waals surface area (Å²) in [6.07, 6.45) is 1.13. The molecule has 3 aromatic carbocycles. The molecule has 274 valence electrons. The van der Waals surface area contributed by atoms with Crippen LogP contribution in [0.1, 0.15) is 76.1 Å². The molecule has 2 bridgehead atoms. The fraction of sp³-hybridized carbons (Fsp3) is 0.450. The quantitative estimate of drug-likeness (QED) is 0.187. The van der Waals surface area contributed by atoms with Crippen molar-refractivity contribution in [2.24, 2.45) is 17.8 Å². The SMILES string of the molecule is CC(C)C[C@H]1C(=O)N[C@H](C(=O)NCc2ccc(CNC(=O)OC(C)(C)C)cc2)Cc2ccc(cc2)OCCC[C@@H]1C(=O)NOCc1ccccc1. The van der Waals surface area contributed by atoms with Gasteiger partial charge in [0.2, 0.25) is 17.7 Å². The second-order valence-electron chi connectivity index (χ2n) is 14.4. The highest BCUT2D eigenvalue weighted by molar-refractivity contribution is 5.91. The number of ether oxygens (including phenoxy) is 2. The first-order valence-corrected chi connectivity index (χ1v) is 17.7. The van der Waals surface area contributed by atoms with Gasteiger partial charge < -0.3 is 25.4 Å². The summed E-state index contributed by atoms with van der Waals surface area (Å²) in [4.78, 5) is 59.1. The Kier molecular flexibility index (Phi) is 14.4. The van der Waals surface area contributed by atoms with Crippen LogP contribution in [-0.2, 0) is 50.1 Å². The molecular weight excluding hydrogens is 648 g/mol. The van der Waals surface area contributed by atoms with Crippen LogP contribution in [0.15, 0.2) is 78.9 Å². The van der Waals surface area contributed by atoms with Gasteiger partial charge in [0.15, 0.2) is 0 Å². The number of nitrogens with one attached hydrogen (secondary N) is 4. The predicted molar refractivity (Wildman–Crippen MR) is 194 cm³/mol. The van der Waals surface area contributed by atoms with Gasteiger partial charge in [0.05, 0.1) is 19.1 Å². The maximum atomic E-state index is 14.1. The molecular formula is C40H52N4O7. The molecule has 0 spiro atoms. The van der Waals surface area contributed by atoms with Crippen molar-refractivity contribution in [1.82, 2.24) is 21.4 Å². The van der Waals surface area contributed by atoms with Crippen LogP contribution in [0.4, 0.5) is 4.79 Å². The van der Waals surface area contributed by atoms with Crippen molar-refractivity contribution in [3.63, 3.8) is 0 Å². The smallest absolute Gasteiger partial charge is 0.407 e. The molecule has 2 aliphatic heterocycles. The number of carbonyl (C=O) groups is 4. The molecule has 0 saturated heterocycles. The van der Waals surface area contributed by atoms with Gasteiger partial charge in [0, 0.05) is 25.4 Å². The number of amides is 4. The van der Waals surface area contributed by atoms with Crippen LogP contribution in [-0.4, -0.2) is 42.1 Å². The zero-order valence-corrected chi connectivity index (χ0v) is 30.3. The number of rotatable bonds is 11. The number of benzene rings is 3. The Morgan fingerprint density at radius 2 is 1.51 bits per heavy atom. The largest absolute Gasteiger partial charge is 0.494 e. The molecule has 11 heteroatoms. The van der Waals surface area contributed by atoms with Crippen LogP contribution in [0.2, 0.25) is 0 Å². The minimum Gasteiger partial charge on any atom is -0.494 e. The number of hydroxylamine groups is 1. The highest BCUT2D eigenvalue weighted by Gasteiger charge is 2.36. The van der Waals surface area contributed by atoms with E-state index in [1.54, 1.807) is 20.8 Å². The minimum atomic E-state index is -0.891. The second-order valence-corrected chi connectivity index (χ2v) is 14.4. The summed E-state index contributed by atoms with van der Waals surface area (Å²) in [6, 6.07) is 23.6. The highest BCUT2D eigenvalue weighted by Crippen LogP contribution is 2.27. The van der Waals surface area contributed by atoms with Gasteiger partial charge in [-0.1, -0.05) is 80.6 Å². The van der Waals surface area contributed by atoms with Gasteiger partial charge in [0.1, 0.15) is 17.4 Å². The maximum absolute atomic E-state index is 14.1. The van der Waals surface area contributed by atoms with E-state index in [0.29, 0.717) is 38.2 Å². The van der Waals surface area contributed by atoms with Crippen LogP contribution >= 0.6 is 0 Å². The van der Waals surface area contributed by atoms with Crippen molar-refractivity contribution in [2.75, 3.05) is 6.61 Å². The highest BCUT2D eigenvalue weighted by atomic mass is 16.6. The van der Waals surface area contributed by atoms with Crippen molar-refractivity contribution in [3.8, 4) is 5.75 Å². The van der Waals surface area contributed by atoms with Gasteiger partial charge >= 0.3 is 6.09 Å².